The molecule has 0 bridgehead atoms. The number of piperidine rings is 1. The van der Waals surface area contributed by atoms with E-state index in [0.717, 1.165) is 45.1 Å². The minimum absolute atomic E-state index is 0.0698. The lowest BCUT2D eigenvalue weighted by Crippen LogP contribution is -2.56. The van der Waals surface area contributed by atoms with Crippen molar-refractivity contribution in [2.45, 2.75) is 25.9 Å². The van der Waals surface area contributed by atoms with E-state index < -0.39 is 34.5 Å². The molecule has 1 spiro atoms. The van der Waals surface area contributed by atoms with Gasteiger partial charge in [-0.15, -0.1) is 0 Å². The third-order valence-electron chi connectivity index (χ3n) is 6.83. The Kier molecular flexibility index (Phi) is 4.67. The Morgan fingerprint density at radius 1 is 1.15 bits per heavy atom. The number of rotatable bonds is 2. The van der Waals surface area contributed by atoms with Gasteiger partial charge in [0.05, 0.1) is 10.9 Å². The first kappa shape index (κ1) is 21.6. The van der Waals surface area contributed by atoms with Crippen LogP contribution in [0.15, 0.2) is 24.5 Å². The molecule has 2 aromatic heterocycles. The molecule has 0 amide bonds. The van der Waals surface area contributed by atoms with Crippen molar-refractivity contribution in [1.82, 2.24) is 25.1 Å². The van der Waals surface area contributed by atoms with Crippen LogP contribution in [0.4, 0.5) is 27.9 Å². The van der Waals surface area contributed by atoms with Crippen molar-refractivity contribution in [3.63, 3.8) is 0 Å². The van der Waals surface area contributed by atoms with Gasteiger partial charge < -0.3 is 10.2 Å². The lowest BCUT2D eigenvalue weighted by molar-refractivity contribution is -0.140. The molecular formula is C22H21F5N6. The Labute approximate surface area is 186 Å². The monoisotopic (exact) mass is 464 g/mol. The van der Waals surface area contributed by atoms with Gasteiger partial charge in [-0.25, -0.2) is 18.4 Å². The van der Waals surface area contributed by atoms with Gasteiger partial charge in [0, 0.05) is 55.1 Å². The van der Waals surface area contributed by atoms with Crippen LogP contribution in [-0.2, 0) is 13.2 Å². The highest BCUT2D eigenvalue weighted by Crippen LogP contribution is 2.43. The summed E-state index contributed by atoms with van der Waals surface area (Å²) < 4.78 is 70.3. The Bertz CT molecular complexity index is 1290. The number of nitrogens with one attached hydrogen (secondary N) is 1. The number of alkyl halides is 3. The van der Waals surface area contributed by atoms with Gasteiger partial charge in [-0.05, 0) is 25.8 Å². The third-order valence-corrected chi connectivity index (χ3v) is 6.83. The number of anilines is 1. The summed E-state index contributed by atoms with van der Waals surface area (Å²) in [7, 11) is 1.57. The Hall–Kier alpha value is -3.24. The maximum atomic E-state index is 14.8. The second-order valence-corrected chi connectivity index (χ2v) is 8.70. The van der Waals surface area contributed by atoms with Crippen LogP contribution < -0.4 is 10.2 Å². The summed E-state index contributed by atoms with van der Waals surface area (Å²) in [5.41, 5.74) is -1.25. The average Bonchev–Trinajstić information content (AvgIpc) is 3.11. The standard InChI is InChI=1S/C22H21F5N6/c1-11-16(23)13(8-15(17(11)24)22(25,26)27)18-14-9-28-20(30-19(14)32(3)31-18)33-6-4-21(5-7-33)10-29-12(21)2/h8-9,29H,2,4-7,10H2,1,3H3. The van der Waals surface area contributed by atoms with Crippen molar-refractivity contribution in [3.8, 4) is 11.3 Å². The van der Waals surface area contributed by atoms with Gasteiger partial charge in [-0.1, -0.05) is 6.58 Å². The van der Waals surface area contributed by atoms with Gasteiger partial charge in [0.2, 0.25) is 5.95 Å². The molecule has 5 rings (SSSR count). The minimum atomic E-state index is -4.97. The molecule has 0 unspecified atom stereocenters. The van der Waals surface area contributed by atoms with Crippen LogP contribution in [0.5, 0.6) is 0 Å². The van der Waals surface area contributed by atoms with Crippen LogP contribution in [0.1, 0.15) is 24.0 Å². The molecular weight excluding hydrogens is 443 g/mol. The molecule has 1 aromatic carbocycles. The highest BCUT2D eigenvalue weighted by molar-refractivity contribution is 5.91. The Morgan fingerprint density at radius 2 is 1.85 bits per heavy atom. The maximum absolute atomic E-state index is 14.8. The normalized spacial score (nSPS) is 18.0. The quantitative estimate of drug-likeness (QED) is 0.572. The minimum Gasteiger partial charge on any atom is -0.387 e. The van der Waals surface area contributed by atoms with Crippen molar-refractivity contribution in [1.29, 1.82) is 0 Å². The Balaban J connectivity index is 1.54. The van der Waals surface area contributed by atoms with Gasteiger partial charge in [0.1, 0.15) is 17.3 Å². The number of nitrogens with zero attached hydrogens (tertiary/aromatic N) is 5. The van der Waals surface area contributed by atoms with E-state index in [0.29, 0.717) is 17.7 Å². The summed E-state index contributed by atoms with van der Waals surface area (Å²) in [6.07, 6.45) is -1.72. The number of benzene rings is 1. The van der Waals surface area contributed by atoms with Crippen LogP contribution in [0.25, 0.3) is 22.3 Å². The number of aromatic nitrogens is 4. The van der Waals surface area contributed by atoms with E-state index in [2.05, 4.69) is 27.0 Å². The molecule has 6 nitrogen and oxygen atoms in total. The molecule has 0 saturated carbocycles. The van der Waals surface area contributed by atoms with Gasteiger partial charge in [-0.3, -0.25) is 0 Å². The smallest absolute Gasteiger partial charge is 0.387 e. The lowest BCUT2D eigenvalue weighted by atomic mass is 9.71. The fraction of sp³-hybridized carbons (Fsp3) is 0.409. The molecule has 1 N–H and O–H groups in total. The first-order chi connectivity index (χ1) is 15.5. The van der Waals surface area contributed by atoms with E-state index in [-0.39, 0.29) is 16.5 Å². The van der Waals surface area contributed by atoms with Crippen molar-refractivity contribution in [3.05, 3.63) is 47.3 Å². The first-order valence-corrected chi connectivity index (χ1v) is 10.5. The van der Waals surface area contributed by atoms with E-state index in [9.17, 15) is 22.0 Å². The second kappa shape index (κ2) is 7.13. The number of aryl methyl sites for hydroxylation is 1. The SMILES string of the molecule is C=C1NCC12CCN(c1ncc3c(-c4cc(C(F)(F)F)c(F)c(C)c4F)nn(C)c3n1)CC2. The number of hydrogen-bond acceptors (Lipinski definition) is 5. The third kappa shape index (κ3) is 3.24. The highest BCUT2D eigenvalue weighted by atomic mass is 19.4. The second-order valence-electron chi connectivity index (χ2n) is 8.70. The van der Waals surface area contributed by atoms with E-state index >= 15 is 0 Å². The number of hydrogen-bond donors (Lipinski definition) is 1. The van der Waals surface area contributed by atoms with Gasteiger partial charge >= 0.3 is 6.18 Å². The summed E-state index contributed by atoms with van der Waals surface area (Å²) in [6.45, 7) is 7.41. The molecule has 174 valence electrons. The fourth-order valence-electron chi connectivity index (χ4n) is 4.61. The average molecular weight is 464 g/mol. The van der Waals surface area contributed by atoms with Gasteiger partial charge in [0.25, 0.3) is 0 Å². The molecule has 2 aliphatic heterocycles. The summed E-state index contributed by atoms with van der Waals surface area (Å²) in [5.74, 6) is -2.26. The summed E-state index contributed by atoms with van der Waals surface area (Å²) in [4.78, 5) is 11.0. The van der Waals surface area contributed by atoms with Crippen molar-refractivity contribution in [2.24, 2.45) is 12.5 Å². The predicted molar refractivity (Wildman–Crippen MR) is 112 cm³/mol. The predicted octanol–water partition coefficient (Wildman–Crippen LogP) is 4.34. The molecule has 3 aromatic rings. The van der Waals surface area contributed by atoms with Gasteiger partial charge in [-0.2, -0.15) is 23.3 Å². The molecule has 0 atom stereocenters. The van der Waals surface area contributed by atoms with E-state index in [4.69, 9.17) is 0 Å². The lowest BCUT2D eigenvalue weighted by Gasteiger charge is -2.50. The van der Waals surface area contributed by atoms with Crippen LogP contribution >= 0.6 is 0 Å². The molecule has 2 fully saturated rings. The van der Waals surface area contributed by atoms with Crippen molar-refractivity contribution < 1.29 is 22.0 Å². The Morgan fingerprint density at radius 3 is 2.42 bits per heavy atom. The van der Waals surface area contributed by atoms with E-state index in [1.165, 1.54) is 10.9 Å². The zero-order valence-electron chi connectivity index (χ0n) is 18.0. The van der Waals surface area contributed by atoms with Crippen molar-refractivity contribution in [2.75, 3.05) is 24.5 Å². The zero-order chi connectivity index (χ0) is 23.7. The van der Waals surface area contributed by atoms with Gasteiger partial charge in [0.15, 0.2) is 5.65 Å². The molecule has 4 heterocycles. The van der Waals surface area contributed by atoms with Crippen LogP contribution in [0.3, 0.4) is 0 Å². The first-order valence-electron chi connectivity index (χ1n) is 10.5. The molecule has 0 radical (unpaired) electrons. The van der Waals surface area contributed by atoms with Crippen molar-refractivity contribution >= 4 is 17.0 Å². The van der Waals surface area contributed by atoms with E-state index in [1.807, 2.05) is 4.90 Å². The maximum Gasteiger partial charge on any atom is 0.419 e. The molecule has 2 saturated heterocycles. The summed E-state index contributed by atoms with van der Waals surface area (Å²) >= 11 is 0. The fourth-order valence-corrected chi connectivity index (χ4v) is 4.61. The van der Waals surface area contributed by atoms with Crippen LogP contribution in [0.2, 0.25) is 0 Å². The number of fused-ring (bicyclic) bond motifs is 1. The molecule has 33 heavy (non-hydrogen) atoms. The topological polar surface area (TPSA) is 58.9 Å². The van der Waals surface area contributed by atoms with Crippen LogP contribution in [-0.4, -0.2) is 39.4 Å². The molecule has 11 heteroatoms. The summed E-state index contributed by atoms with van der Waals surface area (Å²) in [5, 5.41) is 7.70. The van der Waals surface area contributed by atoms with E-state index in [1.54, 1.807) is 7.05 Å². The van der Waals surface area contributed by atoms with Crippen LogP contribution in [0, 0.1) is 24.0 Å². The zero-order valence-corrected chi connectivity index (χ0v) is 18.0. The molecule has 0 aliphatic carbocycles. The largest absolute Gasteiger partial charge is 0.419 e. The molecule has 2 aliphatic rings. The highest BCUT2D eigenvalue weighted by Gasteiger charge is 2.43. The number of halogens is 5. The summed E-state index contributed by atoms with van der Waals surface area (Å²) in [6, 6.07) is 0.455.